The SMILES string of the molecule is NC1CC=C(CC2OCCO2)CC1. The van der Waals surface area contributed by atoms with Gasteiger partial charge in [0.15, 0.2) is 6.29 Å². The monoisotopic (exact) mass is 183 g/mol. The molecule has 3 nitrogen and oxygen atoms in total. The van der Waals surface area contributed by atoms with Crippen LogP contribution in [-0.2, 0) is 9.47 Å². The van der Waals surface area contributed by atoms with Gasteiger partial charge in [-0.1, -0.05) is 11.6 Å². The normalized spacial score (nSPS) is 30.5. The van der Waals surface area contributed by atoms with Gasteiger partial charge < -0.3 is 15.2 Å². The molecule has 3 heteroatoms. The summed E-state index contributed by atoms with van der Waals surface area (Å²) in [5, 5.41) is 0. The fourth-order valence-corrected chi connectivity index (χ4v) is 1.83. The first-order valence-electron chi connectivity index (χ1n) is 5.01. The molecule has 0 amide bonds. The van der Waals surface area contributed by atoms with Crippen molar-refractivity contribution >= 4 is 0 Å². The van der Waals surface area contributed by atoms with Crippen LogP contribution in [0.15, 0.2) is 11.6 Å². The Kier molecular flexibility index (Phi) is 2.98. The lowest BCUT2D eigenvalue weighted by Gasteiger charge is -2.19. The van der Waals surface area contributed by atoms with Crippen LogP contribution < -0.4 is 5.73 Å². The predicted octanol–water partition coefficient (Wildman–Crippen LogP) is 1.19. The van der Waals surface area contributed by atoms with Gasteiger partial charge >= 0.3 is 0 Å². The molecular weight excluding hydrogens is 166 g/mol. The molecule has 1 aliphatic heterocycles. The molecule has 0 radical (unpaired) electrons. The molecule has 0 aromatic heterocycles. The Hall–Kier alpha value is -0.380. The van der Waals surface area contributed by atoms with Gasteiger partial charge in [0.25, 0.3) is 0 Å². The number of rotatable bonds is 2. The molecule has 2 rings (SSSR count). The second kappa shape index (κ2) is 4.22. The molecule has 1 heterocycles. The quantitative estimate of drug-likeness (QED) is 0.654. The number of ether oxygens (including phenoxy) is 2. The molecule has 1 atom stereocenters. The third-order valence-electron chi connectivity index (χ3n) is 2.67. The van der Waals surface area contributed by atoms with Crippen LogP contribution in [0.2, 0.25) is 0 Å². The number of hydrogen-bond acceptors (Lipinski definition) is 3. The minimum absolute atomic E-state index is 0.0144. The van der Waals surface area contributed by atoms with Crippen molar-refractivity contribution in [2.75, 3.05) is 13.2 Å². The van der Waals surface area contributed by atoms with Crippen LogP contribution in [0.4, 0.5) is 0 Å². The first-order valence-corrected chi connectivity index (χ1v) is 5.01. The lowest BCUT2D eigenvalue weighted by molar-refractivity contribution is -0.0406. The molecule has 74 valence electrons. The summed E-state index contributed by atoms with van der Waals surface area (Å²) in [7, 11) is 0. The summed E-state index contributed by atoms with van der Waals surface area (Å²) in [4.78, 5) is 0. The summed E-state index contributed by atoms with van der Waals surface area (Å²) in [6.45, 7) is 1.49. The second-order valence-corrected chi connectivity index (χ2v) is 3.77. The molecule has 0 spiro atoms. The van der Waals surface area contributed by atoms with Crippen LogP contribution in [0.5, 0.6) is 0 Å². The first-order chi connectivity index (χ1) is 6.34. The highest BCUT2D eigenvalue weighted by atomic mass is 16.7. The van der Waals surface area contributed by atoms with Crippen molar-refractivity contribution in [2.45, 2.75) is 38.0 Å². The molecule has 2 N–H and O–H groups in total. The average Bonchev–Trinajstić information content (AvgIpc) is 2.62. The minimum Gasteiger partial charge on any atom is -0.350 e. The van der Waals surface area contributed by atoms with Crippen molar-refractivity contribution in [3.05, 3.63) is 11.6 Å². The second-order valence-electron chi connectivity index (χ2n) is 3.77. The highest BCUT2D eigenvalue weighted by molar-refractivity contribution is 5.08. The van der Waals surface area contributed by atoms with Crippen LogP contribution >= 0.6 is 0 Å². The molecule has 1 aliphatic carbocycles. The minimum atomic E-state index is 0.0144. The van der Waals surface area contributed by atoms with Gasteiger partial charge in [-0.2, -0.15) is 0 Å². The standard InChI is InChI=1S/C10H17NO2/c11-9-3-1-8(2-4-9)7-10-12-5-6-13-10/h1,9-10H,2-7,11H2. The Morgan fingerprint density at radius 3 is 2.77 bits per heavy atom. The zero-order chi connectivity index (χ0) is 9.10. The molecule has 0 aromatic rings. The zero-order valence-corrected chi connectivity index (χ0v) is 7.87. The first kappa shape index (κ1) is 9.19. The molecular formula is C10H17NO2. The highest BCUT2D eigenvalue weighted by Crippen LogP contribution is 2.23. The van der Waals surface area contributed by atoms with Gasteiger partial charge in [0.05, 0.1) is 13.2 Å². The summed E-state index contributed by atoms with van der Waals surface area (Å²) in [6, 6.07) is 0.370. The van der Waals surface area contributed by atoms with Gasteiger partial charge in [-0.3, -0.25) is 0 Å². The molecule has 0 bridgehead atoms. The van der Waals surface area contributed by atoms with Crippen LogP contribution in [0.3, 0.4) is 0 Å². The van der Waals surface area contributed by atoms with E-state index in [0.717, 1.165) is 38.9 Å². The largest absolute Gasteiger partial charge is 0.350 e. The van der Waals surface area contributed by atoms with Crippen molar-refractivity contribution in [1.82, 2.24) is 0 Å². The number of hydrogen-bond donors (Lipinski definition) is 1. The predicted molar refractivity (Wildman–Crippen MR) is 50.2 cm³/mol. The molecule has 1 unspecified atom stereocenters. The van der Waals surface area contributed by atoms with Gasteiger partial charge in [0.2, 0.25) is 0 Å². The fourth-order valence-electron chi connectivity index (χ4n) is 1.83. The fraction of sp³-hybridized carbons (Fsp3) is 0.800. The summed E-state index contributed by atoms with van der Waals surface area (Å²) in [6.07, 6.45) is 6.44. The van der Waals surface area contributed by atoms with E-state index < -0.39 is 0 Å². The van der Waals surface area contributed by atoms with Crippen LogP contribution in [-0.4, -0.2) is 25.5 Å². The Balaban J connectivity index is 1.80. The maximum absolute atomic E-state index is 5.80. The zero-order valence-electron chi connectivity index (χ0n) is 7.87. The Bertz CT molecular complexity index is 197. The highest BCUT2D eigenvalue weighted by Gasteiger charge is 2.19. The smallest absolute Gasteiger partial charge is 0.161 e. The van der Waals surface area contributed by atoms with E-state index in [2.05, 4.69) is 6.08 Å². The summed E-state index contributed by atoms with van der Waals surface area (Å²) < 4.78 is 10.8. The Labute approximate surface area is 78.9 Å². The van der Waals surface area contributed by atoms with Crippen LogP contribution in [0.25, 0.3) is 0 Å². The lowest BCUT2D eigenvalue weighted by Crippen LogP contribution is -2.22. The van der Waals surface area contributed by atoms with E-state index >= 15 is 0 Å². The lowest BCUT2D eigenvalue weighted by atomic mass is 9.94. The summed E-state index contributed by atoms with van der Waals surface area (Å²) >= 11 is 0. The van der Waals surface area contributed by atoms with E-state index in [1.807, 2.05) is 0 Å². The molecule has 1 saturated heterocycles. The summed E-state index contributed by atoms with van der Waals surface area (Å²) in [5.41, 5.74) is 7.25. The Morgan fingerprint density at radius 1 is 1.38 bits per heavy atom. The van der Waals surface area contributed by atoms with Crippen molar-refractivity contribution in [3.63, 3.8) is 0 Å². The molecule has 0 aromatic carbocycles. The molecule has 13 heavy (non-hydrogen) atoms. The van der Waals surface area contributed by atoms with Gasteiger partial charge in [-0.05, 0) is 19.3 Å². The van der Waals surface area contributed by atoms with Crippen molar-refractivity contribution in [2.24, 2.45) is 5.73 Å². The topological polar surface area (TPSA) is 44.5 Å². The van der Waals surface area contributed by atoms with Crippen molar-refractivity contribution < 1.29 is 9.47 Å². The average molecular weight is 183 g/mol. The van der Waals surface area contributed by atoms with Gasteiger partial charge in [0, 0.05) is 12.5 Å². The van der Waals surface area contributed by atoms with E-state index in [-0.39, 0.29) is 6.29 Å². The van der Waals surface area contributed by atoms with E-state index in [1.165, 1.54) is 5.57 Å². The van der Waals surface area contributed by atoms with Crippen molar-refractivity contribution in [1.29, 1.82) is 0 Å². The third-order valence-corrected chi connectivity index (χ3v) is 2.67. The summed E-state index contributed by atoms with van der Waals surface area (Å²) in [5.74, 6) is 0. The van der Waals surface area contributed by atoms with E-state index in [0.29, 0.717) is 6.04 Å². The van der Waals surface area contributed by atoms with E-state index in [4.69, 9.17) is 15.2 Å². The molecule has 2 aliphatic rings. The maximum Gasteiger partial charge on any atom is 0.161 e. The molecule has 1 fully saturated rings. The van der Waals surface area contributed by atoms with Gasteiger partial charge in [0.1, 0.15) is 0 Å². The van der Waals surface area contributed by atoms with Crippen LogP contribution in [0.1, 0.15) is 25.7 Å². The molecule has 0 saturated carbocycles. The van der Waals surface area contributed by atoms with Gasteiger partial charge in [-0.25, -0.2) is 0 Å². The van der Waals surface area contributed by atoms with E-state index in [1.54, 1.807) is 0 Å². The number of nitrogens with two attached hydrogens (primary N) is 1. The Morgan fingerprint density at radius 2 is 2.15 bits per heavy atom. The van der Waals surface area contributed by atoms with Crippen LogP contribution in [0, 0.1) is 0 Å². The third kappa shape index (κ3) is 2.53. The maximum atomic E-state index is 5.80. The van der Waals surface area contributed by atoms with E-state index in [9.17, 15) is 0 Å². The van der Waals surface area contributed by atoms with Gasteiger partial charge in [-0.15, -0.1) is 0 Å². The van der Waals surface area contributed by atoms with Crippen molar-refractivity contribution in [3.8, 4) is 0 Å².